The van der Waals surface area contributed by atoms with E-state index in [9.17, 15) is 9.59 Å². The van der Waals surface area contributed by atoms with Crippen molar-refractivity contribution in [3.63, 3.8) is 0 Å². The highest BCUT2D eigenvalue weighted by molar-refractivity contribution is 6.35. The molecular weight excluding hydrogens is 391 g/mol. The van der Waals surface area contributed by atoms with E-state index in [1.54, 1.807) is 11.0 Å². The number of rotatable bonds is 6. The zero-order valence-electron chi connectivity index (χ0n) is 14.6. The van der Waals surface area contributed by atoms with Crippen LogP contribution < -0.4 is 0 Å². The molecule has 1 aromatic carbocycles. The van der Waals surface area contributed by atoms with Crippen LogP contribution in [0.2, 0.25) is 10.0 Å². The fourth-order valence-corrected chi connectivity index (χ4v) is 3.59. The van der Waals surface area contributed by atoms with Crippen LogP contribution in [0.1, 0.15) is 22.5 Å². The zero-order chi connectivity index (χ0) is 19.4. The van der Waals surface area contributed by atoms with Crippen LogP contribution >= 0.6 is 23.2 Å². The van der Waals surface area contributed by atoms with Gasteiger partial charge in [-0.25, -0.2) is 0 Å². The molecule has 1 aliphatic heterocycles. The summed E-state index contributed by atoms with van der Waals surface area (Å²) in [4.78, 5) is 27.5. The van der Waals surface area contributed by atoms with E-state index in [1.807, 2.05) is 18.2 Å². The summed E-state index contributed by atoms with van der Waals surface area (Å²) in [6.45, 7) is 3.37. The number of benzene rings is 1. The van der Waals surface area contributed by atoms with Gasteiger partial charge in [0.15, 0.2) is 0 Å². The molecule has 0 aliphatic carbocycles. The first-order valence-electron chi connectivity index (χ1n) is 8.64. The molecule has 1 fully saturated rings. The Kier molecular flexibility index (Phi) is 6.36. The third-order valence-corrected chi connectivity index (χ3v) is 5.28. The van der Waals surface area contributed by atoms with Crippen LogP contribution in [0.5, 0.6) is 0 Å². The monoisotopic (exact) mass is 410 g/mol. The molecule has 9 heteroatoms. The molecule has 7 nitrogen and oxygen atoms in total. The molecule has 3 rings (SSSR count). The van der Waals surface area contributed by atoms with Crippen LogP contribution in [-0.2, 0) is 17.9 Å². The molecule has 0 bridgehead atoms. The van der Waals surface area contributed by atoms with Crippen LogP contribution in [0.25, 0.3) is 0 Å². The first kappa shape index (κ1) is 19.7. The summed E-state index contributed by atoms with van der Waals surface area (Å²) >= 11 is 12.5. The number of hydrogen-bond acceptors (Lipinski definition) is 4. The normalized spacial score (nSPS) is 15.1. The van der Waals surface area contributed by atoms with Crippen molar-refractivity contribution in [2.45, 2.75) is 19.5 Å². The van der Waals surface area contributed by atoms with Crippen molar-refractivity contribution in [3.05, 3.63) is 51.8 Å². The largest absolute Gasteiger partial charge is 0.481 e. The predicted molar refractivity (Wildman–Crippen MR) is 102 cm³/mol. The maximum absolute atomic E-state index is 12.8. The SMILES string of the molecule is O=C(O)CCn1nccc1C(=O)N1CCN(Cc2c(Cl)cccc2Cl)CC1. The number of carboxylic acids is 1. The summed E-state index contributed by atoms with van der Waals surface area (Å²) in [6, 6.07) is 7.08. The molecule has 2 aromatic rings. The topological polar surface area (TPSA) is 78.7 Å². The highest BCUT2D eigenvalue weighted by Crippen LogP contribution is 2.26. The summed E-state index contributed by atoms with van der Waals surface area (Å²) in [5.41, 5.74) is 1.31. The number of hydrogen-bond donors (Lipinski definition) is 1. The minimum absolute atomic E-state index is 0.0751. The summed E-state index contributed by atoms with van der Waals surface area (Å²) in [7, 11) is 0. The molecule has 0 spiro atoms. The van der Waals surface area contributed by atoms with E-state index in [-0.39, 0.29) is 18.9 Å². The number of amides is 1. The Morgan fingerprint density at radius 1 is 1.07 bits per heavy atom. The van der Waals surface area contributed by atoms with Crippen LogP contribution in [0, 0.1) is 0 Å². The molecular formula is C18H20Cl2N4O3. The van der Waals surface area contributed by atoms with Gasteiger partial charge in [0.05, 0.1) is 13.0 Å². The fraction of sp³-hybridized carbons (Fsp3) is 0.389. The van der Waals surface area contributed by atoms with Gasteiger partial charge in [0.2, 0.25) is 0 Å². The summed E-state index contributed by atoms with van der Waals surface area (Å²) in [6.07, 6.45) is 1.44. The van der Waals surface area contributed by atoms with E-state index in [0.717, 1.165) is 5.56 Å². The lowest BCUT2D eigenvalue weighted by atomic mass is 10.2. The van der Waals surface area contributed by atoms with Crippen molar-refractivity contribution in [2.75, 3.05) is 26.2 Å². The number of carbonyl (C=O) groups excluding carboxylic acids is 1. The lowest BCUT2D eigenvalue weighted by Crippen LogP contribution is -2.48. The third-order valence-electron chi connectivity index (χ3n) is 4.58. The smallest absolute Gasteiger partial charge is 0.305 e. The van der Waals surface area contributed by atoms with E-state index in [1.165, 1.54) is 10.9 Å². The van der Waals surface area contributed by atoms with Crippen LogP contribution in [0.3, 0.4) is 0 Å². The second-order valence-corrected chi connectivity index (χ2v) is 7.17. The maximum atomic E-state index is 12.8. The minimum atomic E-state index is -0.921. The quantitative estimate of drug-likeness (QED) is 0.791. The lowest BCUT2D eigenvalue weighted by molar-refractivity contribution is -0.137. The number of piperazine rings is 1. The van der Waals surface area contributed by atoms with E-state index >= 15 is 0 Å². The Morgan fingerprint density at radius 3 is 2.37 bits per heavy atom. The van der Waals surface area contributed by atoms with E-state index in [2.05, 4.69) is 10.00 Å². The average molecular weight is 411 g/mol. The highest BCUT2D eigenvalue weighted by Gasteiger charge is 2.25. The van der Waals surface area contributed by atoms with Crippen molar-refractivity contribution in [3.8, 4) is 0 Å². The van der Waals surface area contributed by atoms with Gasteiger partial charge in [-0.15, -0.1) is 0 Å². The Labute approximate surface area is 167 Å². The molecule has 144 valence electrons. The first-order chi connectivity index (χ1) is 13.0. The average Bonchev–Trinajstić information content (AvgIpc) is 3.12. The molecule has 0 radical (unpaired) electrons. The Bertz CT molecular complexity index is 812. The number of aliphatic carboxylic acids is 1. The van der Waals surface area contributed by atoms with Crippen molar-refractivity contribution < 1.29 is 14.7 Å². The van der Waals surface area contributed by atoms with Crippen LogP contribution in [0.4, 0.5) is 0 Å². The Balaban J connectivity index is 1.58. The van der Waals surface area contributed by atoms with Crippen molar-refractivity contribution in [2.24, 2.45) is 0 Å². The first-order valence-corrected chi connectivity index (χ1v) is 9.39. The number of carboxylic acid groups (broad SMARTS) is 1. The molecule has 0 unspecified atom stereocenters. The lowest BCUT2D eigenvalue weighted by Gasteiger charge is -2.35. The molecule has 1 N–H and O–H groups in total. The molecule has 0 atom stereocenters. The summed E-state index contributed by atoms with van der Waals surface area (Å²) < 4.78 is 1.45. The minimum Gasteiger partial charge on any atom is -0.481 e. The maximum Gasteiger partial charge on any atom is 0.305 e. The van der Waals surface area contributed by atoms with Gasteiger partial charge in [-0.2, -0.15) is 5.10 Å². The van der Waals surface area contributed by atoms with Gasteiger partial charge >= 0.3 is 5.97 Å². The molecule has 1 amide bonds. The predicted octanol–water partition coefficient (Wildman–Crippen LogP) is 2.62. The van der Waals surface area contributed by atoms with Crippen molar-refractivity contribution in [1.82, 2.24) is 19.6 Å². The van der Waals surface area contributed by atoms with E-state index < -0.39 is 5.97 Å². The number of carbonyl (C=O) groups is 2. The van der Waals surface area contributed by atoms with E-state index in [4.69, 9.17) is 28.3 Å². The number of aromatic nitrogens is 2. The molecule has 1 aromatic heterocycles. The standard InChI is InChI=1S/C18H20Cl2N4O3/c19-14-2-1-3-15(20)13(14)12-22-8-10-23(11-9-22)18(27)16-4-6-21-24(16)7-5-17(25)26/h1-4,6H,5,7-12H2,(H,25,26). The van der Waals surface area contributed by atoms with Gasteiger partial charge in [-0.05, 0) is 18.2 Å². The van der Waals surface area contributed by atoms with Crippen molar-refractivity contribution >= 4 is 35.1 Å². The second-order valence-electron chi connectivity index (χ2n) is 6.35. The highest BCUT2D eigenvalue weighted by atomic mass is 35.5. The second kappa shape index (κ2) is 8.73. The van der Waals surface area contributed by atoms with Crippen molar-refractivity contribution in [1.29, 1.82) is 0 Å². The van der Waals surface area contributed by atoms with Gasteiger partial charge in [0.1, 0.15) is 5.69 Å². The Morgan fingerprint density at radius 2 is 1.74 bits per heavy atom. The van der Waals surface area contributed by atoms with E-state index in [0.29, 0.717) is 48.5 Å². The Hall–Kier alpha value is -2.09. The number of halogens is 2. The number of nitrogens with zero attached hydrogens (tertiary/aromatic N) is 4. The summed E-state index contributed by atoms with van der Waals surface area (Å²) in [5, 5.41) is 14.2. The third kappa shape index (κ3) is 4.80. The fourth-order valence-electron chi connectivity index (χ4n) is 3.07. The zero-order valence-corrected chi connectivity index (χ0v) is 16.2. The van der Waals surface area contributed by atoms with Crippen LogP contribution in [0.15, 0.2) is 30.5 Å². The van der Waals surface area contributed by atoms with Gasteiger partial charge in [-0.3, -0.25) is 19.2 Å². The number of aryl methyl sites for hydroxylation is 1. The molecule has 1 aliphatic rings. The molecule has 27 heavy (non-hydrogen) atoms. The van der Waals surface area contributed by atoms with Gasteiger partial charge in [0, 0.05) is 54.5 Å². The van der Waals surface area contributed by atoms with Gasteiger partial charge in [0.25, 0.3) is 5.91 Å². The molecule has 2 heterocycles. The van der Waals surface area contributed by atoms with Crippen LogP contribution in [-0.4, -0.2) is 62.7 Å². The molecule has 1 saturated heterocycles. The van der Waals surface area contributed by atoms with Gasteiger partial charge in [-0.1, -0.05) is 29.3 Å². The molecule has 0 saturated carbocycles. The summed E-state index contributed by atoms with van der Waals surface area (Å²) in [5.74, 6) is -1.05. The van der Waals surface area contributed by atoms with Gasteiger partial charge < -0.3 is 10.0 Å².